The number of aliphatic carboxylic acids is 1. The topological polar surface area (TPSA) is 109 Å². The molecule has 0 fully saturated rings. The van der Waals surface area contributed by atoms with Crippen molar-refractivity contribution in [1.29, 1.82) is 0 Å². The van der Waals surface area contributed by atoms with Crippen molar-refractivity contribution in [2.75, 3.05) is 6.61 Å². The molecule has 32 heavy (non-hydrogen) atoms. The maximum Gasteiger partial charge on any atom is 0.339 e. The summed E-state index contributed by atoms with van der Waals surface area (Å²) in [6.07, 6.45) is 3.61. The lowest BCUT2D eigenvalue weighted by molar-refractivity contribution is -0.308. The predicted molar refractivity (Wildman–Crippen MR) is 117 cm³/mol. The van der Waals surface area contributed by atoms with Gasteiger partial charge in [-0.05, 0) is 67.5 Å². The summed E-state index contributed by atoms with van der Waals surface area (Å²) < 4.78 is 10.9. The number of benzene rings is 2. The standard InChI is InChI=1S/C24H22ClNO6/c25-15-7-5-14(6-8-15)11-20(23(28)29)26-22(27)13-31-16-9-10-18-17-3-1-2-4-19(17)24(30)32-21(18)12-16/h5-10,12,20H,1-4,11,13H2,(H,26,27)(H,28,29)/p-1/t20-/m0/s1. The molecule has 7 nitrogen and oxygen atoms in total. The summed E-state index contributed by atoms with van der Waals surface area (Å²) in [6, 6.07) is 10.5. The number of rotatable bonds is 7. The summed E-state index contributed by atoms with van der Waals surface area (Å²) in [7, 11) is 0. The first kappa shape index (κ1) is 21.9. The molecule has 166 valence electrons. The van der Waals surface area contributed by atoms with Crippen molar-refractivity contribution in [3.05, 3.63) is 74.6 Å². The molecule has 1 aliphatic rings. The molecule has 3 aromatic rings. The Morgan fingerprint density at radius 2 is 1.81 bits per heavy atom. The van der Waals surface area contributed by atoms with Crippen molar-refractivity contribution < 1.29 is 23.8 Å². The fourth-order valence-corrected chi connectivity index (χ4v) is 4.08. The van der Waals surface area contributed by atoms with E-state index in [4.69, 9.17) is 20.8 Å². The van der Waals surface area contributed by atoms with Crippen LogP contribution in [0, 0.1) is 0 Å². The Morgan fingerprint density at radius 1 is 1.09 bits per heavy atom. The van der Waals surface area contributed by atoms with Crippen molar-refractivity contribution in [3.8, 4) is 5.75 Å². The summed E-state index contributed by atoms with van der Waals surface area (Å²) in [6.45, 7) is -0.398. The lowest BCUT2D eigenvalue weighted by atomic mass is 9.91. The Balaban J connectivity index is 1.42. The van der Waals surface area contributed by atoms with Crippen molar-refractivity contribution >= 4 is 34.4 Å². The number of hydrogen-bond acceptors (Lipinski definition) is 6. The van der Waals surface area contributed by atoms with Gasteiger partial charge in [0.15, 0.2) is 6.61 Å². The zero-order chi connectivity index (χ0) is 22.7. The molecule has 4 rings (SSSR count). The SMILES string of the molecule is O=C(COc1ccc2c3c(c(=O)oc2c1)CCCC3)N[C@@H](Cc1ccc(Cl)cc1)C(=O)[O-]. The van der Waals surface area contributed by atoms with Gasteiger partial charge in [-0.1, -0.05) is 23.7 Å². The number of hydrogen-bond donors (Lipinski definition) is 1. The van der Waals surface area contributed by atoms with Crippen LogP contribution in [-0.4, -0.2) is 24.5 Å². The van der Waals surface area contributed by atoms with Crippen molar-refractivity contribution in [2.45, 2.75) is 38.1 Å². The molecule has 8 heteroatoms. The number of amides is 1. The molecule has 1 aliphatic carbocycles. The second kappa shape index (κ2) is 9.44. The van der Waals surface area contributed by atoms with Crippen LogP contribution >= 0.6 is 11.6 Å². The van der Waals surface area contributed by atoms with Gasteiger partial charge >= 0.3 is 5.63 Å². The van der Waals surface area contributed by atoms with Crippen LogP contribution in [0.2, 0.25) is 5.02 Å². The second-order valence-corrected chi connectivity index (χ2v) is 8.21. The molecular weight excluding hydrogens is 434 g/mol. The van der Waals surface area contributed by atoms with Gasteiger partial charge in [0.25, 0.3) is 5.91 Å². The minimum atomic E-state index is -1.40. The van der Waals surface area contributed by atoms with E-state index in [2.05, 4.69) is 5.32 Å². The largest absolute Gasteiger partial charge is 0.548 e. The summed E-state index contributed by atoms with van der Waals surface area (Å²) in [5, 5.41) is 15.2. The van der Waals surface area contributed by atoms with Crippen molar-refractivity contribution in [2.24, 2.45) is 0 Å². The van der Waals surface area contributed by atoms with E-state index in [9.17, 15) is 19.5 Å². The van der Waals surface area contributed by atoms with Gasteiger partial charge in [-0.25, -0.2) is 4.79 Å². The van der Waals surface area contributed by atoms with E-state index in [1.54, 1.807) is 36.4 Å². The zero-order valence-electron chi connectivity index (χ0n) is 17.2. The first-order valence-corrected chi connectivity index (χ1v) is 10.7. The highest BCUT2D eigenvalue weighted by atomic mass is 35.5. The van der Waals surface area contributed by atoms with Gasteiger partial charge in [-0.2, -0.15) is 0 Å². The van der Waals surface area contributed by atoms with Crippen LogP contribution in [0.15, 0.2) is 51.7 Å². The number of nitrogens with one attached hydrogen (secondary N) is 1. The average molecular weight is 455 g/mol. The number of fused-ring (bicyclic) bond motifs is 3. The normalized spacial score (nSPS) is 13.9. The van der Waals surface area contributed by atoms with Crippen LogP contribution in [0.5, 0.6) is 5.75 Å². The summed E-state index contributed by atoms with van der Waals surface area (Å²) in [5.41, 5.74) is 2.53. The monoisotopic (exact) mass is 454 g/mol. The molecule has 2 aromatic carbocycles. The molecule has 1 N–H and O–H groups in total. The molecule has 1 atom stereocenters. The molecule has 0 saturated carbocycles. The summed E-state index contributed by atoms with van der Waals surface area (Å²) >= 11 is 5.84. The van der Waals surface area contributed by atoms with Gasteiger partial charge in [-0.3, -0.25) is 4.79 Å². The summed E-state index contributed by atoms with van der Waals surface area (Å²) in [5.74, 6) is -1.67. The molecular formula is C24H21ClNO6-. The van der Waals surface area contributed by atoms with Gasteiger partial charge in [0.05, 0.1) is 12.0 Å². The number of halogens is 1. The number of carboxylic acids is 1. The van der Waals surface area contributed by atoms with E-state index in [1.165, 1.54) is 0 Å². The number of carboxylic acid groups (broad SMARTS) is 1. The third-order valence-corrected chi connectivity index (χ3v) is 5.79. The van der Waals surface area contributed by atoms with Crippen molar-refractivity contribution in [1.82, 2.24) is 5.32 Å². The Morgan fingerprint density at radius 3 is 2.53 bits per heavy atom. The third kappa shape index (κ3) is 4.94. The van der Waals surface area contributed by atoms with Crippen LogP contribution in [-0.2, 0) is 28.9 Å². The molecule has 0 unspecified atom stereocenters. The lowest BCUT2D eigenvalue weighted by Crippen LogP contribution is -2.50. The maximum absolute atomic E-state index is 12.3. The minimum Gasteiger partial charge on any atom is -0.548 e. The number of carbonyl (C=O) groups is 2. The molecule has 0 aliphatic heterocycles. The first-order valence-electron chi connectivity index (χ1n) is 10.4. The highest BCUT2D eigenvalue weighted by molar-refractivity contribution is 6.30. The Bertz CT molecular complexity index is 1220. The van der Waals surface area contributed by atoms with Gasteiger partial charge in [-0.15, -0.1) is 0 Å². The Hall–Kier alpha value is -3.32. The zero-order valence-corrected chi connectivity index (χ0v) is 17.9. The van der Waals surface area contributed by atoms with E-state index in [1.807, 2.05) is 6.07 Å². The predicted octanol–water partition coefficient (Wildman–Crippen LogP) is 2.18. The Labute approximate surface area is 188 Å². The molecule has 1 amide bonds. The molecule has 0 spiro atoms. The van der Waals surface area contributed by atoms with E-state index >= 15 is 0 Å². The van der Waals surface area contributed by atoms with E-state index in [0.717, 1.165) is 42.2 Å². The molecule has 0 radical (unpaired) electrons. The van der Waals surface area contributed by atoms with E-state index < -0.39 is 24.5 Å². The van der Waals surface area contributed by atoms with Crippen LogP contribution < -0.4 is 20.8 Å². The van der Waals surface area contributed by atoms with Gasteiger partial charge < -0.3 is 24.4 Å². The molecule has 0 saturated heterocycles. The smallest absolute Gasteiger partial charge is 0.339 e. The van der Waals surface area contributed by atoms with E-state index in [-0.39, 0.29) is 12.0 Å². The quantitative estimate of drug-likeness (QED) is 0.548. The lowest BCUT2D eigenvalue weighted by Gasteiger charge is -2.20. The van der Waals surface area contributed by atoms with Crippen LogP contribution in [0.1, 0.15) is 29.5 Å². The molecule has 1 heterocycles. The van der Waals surface area contributed by atoms with Gasteiger partial charge in [0.2, 0.25) is 0 Å². The number of aryl methyl sites for hydroxylation is 1. The number of carbonyl (C=O) groups excluding carboxylic acids is 2. The van der Waals surface area contributed by atoms with Crippen LogP contribution in [0.4, 0.5) is 0 Å². The highest BCUT2D eigenvalue weighted by Crippen LogP contribution is 2.29. The van der Waals surface area contributed by atoms with Gasteiger partial charge in [0.1, 0.15) is 11.3 Å². The average Bonchev–Trinajstić information content (AvgIpc) is 2.78. The maximum atomic E-state index is 12.3. The van der Waals surface area contributed by atoms with Gasteiger partial charge in [0, 0.05) is 22.0 Å². The molecule has 1 aromatic heterocycles. The first-order chi connectivity index (χ1) is 15.4. The van der Waals surface area contributed by atoms with E-state index in [0.29, 0.717) is 21.9 Å². The summed E-state index contributed by atoms with van der Waals surface area (Å²) in [4.78, 5) is 36.0. The highest BCUT2D eigenvalue weighted by Gasteiger charge is 2.19. The van der Waals surface area contributed by atoms with Crippen LogP contribution in [0.3, 0.4) is 0 Å². The molecule has 0 bridgehead atoms. The van der Waals surface area contributed by atoms with Crippen molar-refractivity contribution in [3.63, 3.8) is 0 Å². The minimum absolute atomic E-state index is 0.0531. The fourth-order valence-electron chi connectivity index (χ4n) is 3.95. The third-order valence-electron chi connectivity index (χ3n) is 5.54. The fraction of sp³-hybridized carbons (Fsp3) is 0.292. The Kier molecular flexibility index (Phi) is 6.46. The second-order valence-electron chi connectivity index (χ2n) is 7.77. The van der Waals surface area contributed by atoms with Crippen LogP contribution in [0.25, 0.3) is 11.0 Å². The number of ether oxygens (including phenoxy) is 1.